The molecule has 0 unspecified atom stereocenters. The molecule has 0 aliphatic rings. The third-order valence-corrected chi connectivity index (χ3v) is 2.17. The van der Waals surface area contributed by atoms with Gasteiger partial charge in [-0.15, -0.1) is 0 Å². The zero-order valence-electron chi connectivity index (χ0n) is 9.74. The summed E-state index contributed by atoms with van der Waals surface area (Å²) in [4.78, 5) is 3.57. The number of hydrogen-bond donors (Lipinski definition) is 0. The highest BCUT2D eigenvalue weighted by atomic mass is 35.5. The zero-order valence-corrected chi connectivity index (χ0v) is 10.5. The van der Waals surface area contributed by atoms with E-state index in [0.717, 1.165) is 11.6 Å². The zero-order chi connectivity index (χ0) is 12.9. The van der Waals surface area contributed by atoms with E-state index >= 15 is 0 Å². The molecule has 0 heterocycles. The number of alkyl halides is 3. The van der Waals surface area contributed by atoms with Gasteiger partial charge in [0.15, 0.2) is 0 Å². The van der Waals surface area contributed by atoms with Gasteiger partial charge in [-0.1, -0.05) is 24.1 Å². The summed E-state index contributed by atoms with van der Waals surface area (Å²) in [6, 6.07) is 0. The third-order valence-electron chi connectivity index (χ3n) is 2.06. The first-order chi connectivity index (χ1) is 7.18. The number of aliphatic imine (C=N–C) groups is 1. The van der Waals surface area contributed by atoms with E-state index in [-0.39, 0.29) is 5.03 Å². The smallest absolute Gasteiger partial charge is 0.249 e. The van der Waals surface area contributed by atoms with Gasteiger partial charge in [0.2, 0.25) is 0 Å². The molecule has 0 amide bonds. The Balaban J connectivity index is 5.38. The van der Waals surface area contributed by atoms with Gasteiger partial charge in [0, 0.05) is 10.7 Å². The van der Waals surface area contributed by atoms with Gasteiger partial charge in [-0.25, -0.2) is 4.99 Å². The molecule has 0 fully saturated rings. The van der Waals surface area contributed by atoms with E-state index in [1.807, 2.05) is 6.92 Å². The molecule has 1 nitrogen and oxygen atoms in total. The first kappa shape index (κ1) is 15.2. The van der Waals surface area contributed by atoms with Gasteiger partial charge < -0.3 is 0 Å². The quantitative estimate of drug-likeness (QED) is 0.639. The van der Waals surface area contributed by atoms with Gasteiger partial charge in [0.05, 0.1) is 0 Å². The molecule has 5 heteroatoms. The Kier molecular flexibility index (Phi) is 5.79. The van der Waals surface area contributed by atoms with E-state index in [4.69, 9.17) is 11.6 Å². The molecule has 0 aromatic rings. The lowest BCUT2D eigenvalue weighted by molar-refractivity contribution is -0.0577. The lowest BCUT2D eigenvalue weighted by atomic mass is 10.2. The summed E-state index contributed by atoms with van der Waals surface area (Å²) in [5.74, 6) is 0. The summed E-state index contributed by atoms with van der Waals surface area (Å²) in [7, 11) is 0. The van der Waals surface area contributed by atoms with E-state index in [1.54, 1.807) is 13.8 Å². The van der Waals surface area contributed by atoms with Gasteiger partial charge in [-0.3, -0.25) is 0 Å². The summed E-state index contributed by atoms with van der Waals surface area (Å²) in [6.07, 6.45) is -2.98. The summed E-state index contributed by atoms with van der Waals surface area (Å²) in [5.41, 5.74) is 0.233. The lowest BCUT2D eigenvalue weighted by Gasteiger charge is -2.08. The second kappa shape index (κ2) is 6.09. The predicted molar refractivity (Wildman–Crippen MR) is 61.8 cm³/mol. The highest BCUT2D eigenvalue weighted by Crippen LogP contribution is 2.22. The van der Waals surface area contributed by atoms with Gasteiger partial charge in [0.25, 0.3) is 0 Å². The van der Waals surface area contributed by atoms with Crippen LogP contribution in [0.3, 0.4) is 0 Å². The molecular formula is C11H15ClF3N. The van der Waals surface area contributed by atoms with Crippen LogP contribution >= 0.6 is 11.6 Å². The monoisotopic (exact) mass is 253 g/mol. The van der Waals surface area contributed by atoms with Crippen molar-refractivity contribution in [3.05, 3.63) is 22.4 Å². The van der Waals surface area contributed by atoms with E-state index < -0.39 is 11.9 Å². The Morgan fingerprint density at radius 3 is 2.06 bits per heavy atom. The first-order valence-corrected chi connectivity index (χ1v) is 5.22. The average molecular weight is 254 g/mol. The minimum Gasteiger partial charge on any atom is -0.249 e. The van der Waals surface area contributed by atoms with Crippen molar-refractivity contribution in [1.82, 2.24) is 0 Å². The molecule has 0 aliphatic carbocycles. The Labute approximate surface area is 98.7 Å². The highest BCUT2D eigenvalue weighted by molar-refractivity contribution is 6.31. The highest BCUT2D eigenvalue weighted by Gasteiger charge is 2.34. The number of hydrogen-bond acceptors (Lipinski definition) is 1. The van der Waals surface area contributed by atoms with Gasteiger partial charge in [-0.05, 0) is 33.3 Å². The molecule has 0 aliphatic heterocycles. The van der Waals surface area contributed by atoms with Gasteiger partial charge in [0.1, 0.15) is 5.71 Å². The number of allylic oxidation sites excluding steroid dienone is 4. The number of halogens is 4. The summed E-state index contributed by atoms with van der Waals surface area (Å²) >= 11 is 5.44. The molecule has 0 radical (unpaired) electrons. The molecule has 0 atom stereocenters. The van der Waals surface area contributed by atoms with Crippen molar-refractivity contribution in [3.63, 3.8) is 0 Å². The maximum absolute atomic E-state index is 12.6. The molecule has 0 bridgehead atoms. The number of nitrogens with zero attached hydrogens (tertiary/aromatic N) is 1. The SMILES string of the molecule is CC/C(C)=C(C)/N=C(\C=C(/C)Cl)C(F)(F)F. The van der Waals surface area contributed by atoms with Crippen LogP contribution in [0, 0.1) is 0 Å². The van der Waals surface area contributed by atoms with Crippen LogP contribution in [0.15, 0.2) is 27.4 Å². The second-order valence-corrected chi connectivity index (χ2v) is 4.04. The molecule has 92 valence electrons. The van der Waals surface area contributed by atoms with Crippen LogP contribution in [0.25, 0.3) is 0 Å². The second-order valence-electron chi connectivity index (χ2n) is 3.45. The summed E-state index contributed by atoms with van der Waals surface area (Å²) in [5, 5.41) is 0.0537. The van der Waals surface area contributed by atoms with E-state index in [2.05, 4.69) is 4.99 Å². The molecule has 0 aromatic carbocycles. The molecular weight excluding hydrogens is 239 g/mol. The fraction of sp³-hybridized carbons (Fsp3) is 0.545. The van der Waals surface area contributed by atoms with E-state index in [9.17, 15) is 13.2 Å². The van der Waals surface area contributed by atoms with Crippen LogP contribution in [0.4, 0.5) is 13.2 Å². The fourth-order valence-electron chi connectivity index (χ4n) is 0.898. The average Bonchev–Trinajstić information content (AvgIpc) is 2.13. The van der Waals surface area contributed by atoms with Crippen LogP contribution in [0.2, 0.25) is 0 Å². The molecule has 0 aromatic heterocycles. The van der Waals surface area contributed by atoms with E-state index in [1.165, 1.54) is 6.92 Å². The van der Waals surface area contributed by atoms with Gasteiger partial charge >= 0.3 is 6.18 Å². The Bertz CT molecular complexity index is 334. The van der Waals surface area contributed by atoms with Crippen molar-refractivity contribution in [2.45, 2.75) is 40.3 Å². The van der Waals surface area contributed by atoms with Gasteiger partial charge in [-0.2, -0.15) is 13.2 Å². The normalized spacial score (nSPS) is 16.2. The standard InChI is InChI=1S/C11H15ClF3N/c1-5-7(2)9(4)16-10(6-8(3)12)11(13,14)15/h6H,5H2,1-4H3/b8-6+,9-7+,16-10+. The maximum Gasteiger partial charge on any atom is 0.433 e. The minimum absolute atomic E-state index is 0.0537. The van der Waals surface area contributed by atoms with E-state index in [0.29, 0.717) is 12.1 Å². The summed E-state index contributed by atoms with van der Waals surface area (Å²) < 4.78 is 37.7. The van der Waals surface area contributed by atoms with Crippen LogP contribution in [0.1, 0.15) is 34.1 Å². The van der Waals surface area contributed by atoms with Crippen LogP contribution in [-0.2, 0) is 0 Å². The molecule has 0 spiro atoms. The molecule has 16 heavy (non-hydrogen) atoms. The molecule has 0 rings (SSSR count). The maximum atomic E-state index is 12.6. The lowest BCUT2D eigenvalue weighted by Crippen LogP contribution is -2.21. The van der Waals surface area contributed by atoms with Crippen molar-refractivity contribution in [2.24, 2.45) is 4.99 Å². The largest absolute Gasteiger partial charge is 0.433 e. The fourth-order valence-corrected chi connectivity index (χ4v) is 1.00. The Morgan fingerprint density at radius 1 is 1.25 bits per heavy atom. The summed E-state index contributed by atoms with van der Waals surface area (Å²) in [6.45, 7) is 6.56. The third kappa shape index (κ3) is 5.35. The van der Waals surface area contributed by atoms with Crippen molar-refractivity contribution in [3.8, 4) is 0 Å². The Hall–Kier alpha value is -0.770. The van der Waals surface area contributed by atoms with Crippen LogP contribution < -0.4 is 0 Å². The van der Waals surface area contributed by atoms with Crippen molar-refractivity contribution in [2.75, 3.05) is 0 Å². The molecule has 0 saturated heterocycles. The molecule has 0 saturated carbocycles. The predicted octanol–water partition coefficient (Wildman–Crippen LogP) is 4.84. The topological polar surface area (TPSA) is 12.4 Å². The minimum atomic E-state index is -4.48. The van der Waals surface area contributed by atoms with Crippen molar-refractivity contribution >= 4 is 17.3 Å². The van der Waals surface area contributed by atoms with Crippen molar-refractivity contribution in [1.29, 1.82) is 0 Å². The van der Waals surface area contributed by atoms with Crippen LogP contribution in [-0.4, -0.2) is 11.9 Å². The number of rotatable bonds is 3. The molecule has 0 N–H and O–H groups in total. The Morgan fingerprint density at radius 2 is 1.75 bits per heavy atom. The first-order valence-electron chi connectivity index (χ1n) is 4.84. The van der Waals surface area contributed by atoms with Crippen molar-refractivity contribution < 1.29 is 13.2 Å². The van der Waals surface area contributed by atoms with Crippen LogP contribution in [0.5, 0.6) is 0 Å².